The van der Waals surface area contributed by atoms with Gasteiger partial charge in [-0.05, 0) is 59.5 Å². The van der Waals surface area contributed by atoms with Gasteiger partial charge in [0.2, 0.25) is 5.13 Å². The molecule has 0 fully saturated rings. The molecule has 0 radical (unpaired) electrons. The summed E-state index contributed by atoms with van der Waals surface area (Å²) < 4.78 is 14.8. The van der Waals surface area contributed by atoms with Crippen molar-refractivity contribution in [3.8, 4) is 10.6 Å². The predicted molar refractivity (Wildman–Crippen MR) is 121 cm³/mol. The first-order valence-electron chi connectivity index (χ1n) is 9.67. The van der Waals surface area contributed by atoms with Crippen LogP contribution in [0.3, 0.4) is 0 Å². The number of nitrogens with one attached hydrogen (secondary N) is 1. The monoisotopic (exact) mass is 428 g/mol. The second-order valence-corrected chi connectivity index (χ2v) is 8.16. The van der Waals surface area contributed by atoms with Crippen LogP contribution >= 0.6 is 11.3 Å². The topological polar surface area (TPSA) is 80.9 Å². The Morgan fingerprint density at radius 2 is 1.84 bits per heavy atom. The largest absolute Gasteiger partial charge is 0.374 e. The zero-order valence-electron chi connectivity index (χ0n) is 16.3. The first-order chi connectivity index (χ1) is 15.1. The lowest BCUT2D eigenvalue weighted by Crippen LogP contribution is -2.12. The van der Waals surface area contributed by atoms with Crippen molar-refractivity contribution >= 4 is 33.6 Å². The minimum absolute atomic E-state index is 0.288. The van der Waals surface area contributed by atoms with E-state index in [1.54, 1.807) is 18.2 Å². The Morgan fingerprint density at radius 1 is 1.00 bits per heavy atom. The van der Waals surface area contributed by atoms with Crippen LogP contribution in [0.25, 0.3) is 16.1 Å². The maximum atomic E-state index is 14.8. The Bertz CT molecular complexity index is 1330. The van der Waals surface area contributed by atoms with Crippen LogP contribution in [0.15, 0.2) is 72.8 Å². The molecule has 0 unspecified atom stereocenters. The molecule has 1 aromatic heterocycles. The molecule has 152 valence electrons. The summed E-state index contributed by atoms with van der Waals surface area (Å²) >= 11 is 1.30. The zero-order valence-corrected chi connectivity index (χ0v) is 17.1. The number of anilines is 2. The molecule has 1 heterocycles. The van der Waals surface area contributed by atoms with Gasteiger partial charge >= 0.3 is 0 Å². The predicted octanol–water partition coefficient (Wildman–Crippen LogP) is 5.17. The maximum absolute atomic E-state index is 14.8. The summed E-state index contributed by atoms with van der Waals surface area (Å²) in [6, 6.07) is 19.6. The second kappa shape index (κ2) is 7.77. The van der Waals surface area contributed by atoms with Crippen LogP contribution in [0.5, 0.6) is 0 Å². The van der Waals surface area contributed by atoms with Crippen LogP contribution in [0.2, 0.25) is 0 Å². The molecule has 1 aliphatic carbocycles. The third-order valence-electron chi connectivity index (χ3n) is 5.16. The number of nitrogens with zero attached hydrogens (tertiary/aromatic N) is 2. The molecule has 0 spiro atoms. The van der Waals surface area contributed by atoms with Gasteiger partial charge in [-0.2, -0.15) is 0 Å². The molecule has 31 heavy (non-hydrogen) atoms. The molecule has 1 aliphatic rings. The lowest BCUT2D eigenvalue weighted by Gasteiger charge is -2.11. The second-order valence-electron chi connectivity index (χ2n) is 7.15. The van der Waals surface area contributed by atoms with Crippen molar-refractivity contribution in [2.75, 3.05) is 11.1 Å². The first-order valence-corrected chi connectivity index (χ1v) is 10.5. The normalized spacial score (nSPS) is 12.4. The fraction of sp³-hybridized carbons (Fsp3) is 0.0417. The van der Waals surface area contributed by atoms with E-state index in [0.29, 0.717) is 33.4 Å². The molecule has 3 N–H and O–H groups in total. The number of carbonyl (C=O) groups excluding carboxylic acids is 1. The third kappa shape index (κ3) is 3.71. The number of benzene rings is 3. The van der Waals surface area contributed by atoms with Crippen molar-refractivity contribution in [1.82, 2.24) is 10.2 Å². The quantitative estimate of drug-likeness (QED) is 0.470. The average molecular weight is 428 g/mol. The standard InChI is InChI=1S/C24H17FN4OS/c25-21-11-9-15(22(30)27-17-4-2-1-3-5-17)12-20(21)18-10-8-14-6-7-16(13-19(14)18)23-28-29-24(26)31-23/h1-7,9-13H,8H2,(H2,26,29)(H,27,30). The Kier molecular flexibility index (Phi) is 4.80. The highest BCUT2D eigenvalue weighted by Gasteiger charge is 2.21. The molecule has 3 aromatic carbocycles. The van der Waals surface area contributed by atoms with Crippen LogP contribution < -0.4 is 11.1 Å². The summed E-state index contributed by atoms with van der Waals surface area (Å²) in [5.41, 5.74) is 10.8. The summed E-state index contributed by atoms with van der Waals surface area (Å²) in [7, 11) is 0. The summed E-state index contributed by atoms with van der Waals surface area (Å²) in [6.45, 7) is 0. The van der Waals surface area contributed by atoms with Gasteiger partial charge in [-0.25, -0.2) is 4.39 Å². The summed E-state index contributed by atoms with van der Waals surface area (Å²) in [6.07, 6.45) is 2.68. The number of halogens is 1. The van der Waals surface area contributed by atoms with E-state index in [0.717, 1.165) is 22.3 Å². The van der Waals surface area contributed by atoms with E-state index in [2.05, 4.69) is 15.5 Å². The van der Waals surface area contributed by atoms with Crippen LogP contribution in [-0.2, 0) is 6.42 Å². The molecule has 4 aromatic rings. The van der Waals surface area contributed by atoms with E-state index in [1.165, 1.54) is 23.5 Å². The van der Waals surface area contributed by atoms with Gasteiger partial charge in [0.1, 0.15) is 10.8 Å². The SMILES string of the molecule is Nc1nnc(-c2ccc3c(c2)C(c2cc(C(=O)Nc4ccccc4)ccc2F)=CC3)s1. The van der Waals surface area contributed by atoms with Crippen LogP contribution in [0, 0.1) is 5.82 Å². The number of hydrogen-bond donors (Lipinski definition) is 2. The number of aromatic nitrogens is 2. The van der Waals surface area contributed by atoms with E-state index in [-0.39, 0.29) is 11.7 Å². The fourth-order valence-electron chi connectivity index (χ4n) is 3.66. The number of carbonyl (C=O) groups is 1. The first kappa shape index (κ1) is 19.1. The minimum Gasteiger partial charge on any atom is -0.374 e. The van der Waals surface area contributed by atoms with Gasteiger partial charge in [-0.15, -0.1) is 10.2 Å². The molecule has 1 amide bonds. The molecule has 0 saturated heterocycles. The number of amides is 1. The van der Waals surface area contributed by atoms with Crippen molar-refractivity contribution in [1.29, 1.82) is 0 Å². The number of nitrogen functional groups attached to an aromatic ring is 1. The van der Waals surface area contributed by atoms with Gasteiger partial charge in [-0.1, -0.05) is 47.7 Å². The molecule has 5 rings (SSSR count). The average Bonchev–Trinajstić information content (AvgIpc) is 3.40. The molecule has 0 atom stereocenters. The van der Waals surface area contributed by atoms with Crippen molar-refractivity contribution < 1.29 is 9.18 Å². The number of rotatable bonds is 4. The van der Waals surface area contributed by atoms with Gasteiger partial charge in [0.15, 0.2) is 0 Å². The van der Waals surface area contributed by atoms with E-state index < -0.39 is 0 Å². The molecular formula is C24H17FN4OS. The highest BCUT2D eigenvalue weighted by molar-refractivity contribution is 7.18. The van der Waals surface area contributed by atoms with Crippen LogP contribution in [-0.4, -0.2) is 16.1 Å². The highest BCUT2D eigenvalue weighted by atomic mass is 32.1. The minimum atomic E-state index is -0.374. The number of fused-ring (bicyclic) bond motifs is 1. The van der Waals surface area contributed by atoms with Crippen LogP contribution in [0.1, 0.15) is 27.0 Å². The molecule has 0 aliphatic heterocycles. The number of allylic oxidation sites excluding steroid dienone is 1. The highest BCUT2D eigenvalue weighted by Crippen LogP contribution is 2.37. The van der Waals surface area contributed by atoms with Crippen molar-refractivity contribution in [3.63, 3.8) is 0 Å². The molecular weight excluding hydrogens is 411 g/mol. The fourth-order valence-corrected chi connectivity index (χ4v) is 4.27. The zero-order chi connectivity index (χ0) is 21.4. The third-order valence-corrected chi connectivity index (χ3v) is 5.97. The van der Waals surface area contributed by atoms with Gasteiger partial charge in [0.05, 0.1) is 0 Å². The van der Waals surface area contributed by atoms with E-state index >= 15 is 0 Å². The number of para-hydroxylation sites is 1. The van der Waals surface area contributed by atoms with E-state index in [1.807, 2.05) is 42.5 Å². The molecule has 5 nitrogen and oxygen atoms in total. The Balaban J connectivity index is 1.49. The Hall–Kier alpha value is -3.84. The van der Waals surface area contributed by atoms with Crippen molar-refractivity contribution in [3.05, 3.63) is 101 Å². The smallest absolute Gasteiger partial charge is 0.255 e. The number of hydrogen-bond acceptors (Lipinski definition) is 5. The Morgan fingerprint density at radius 3 is 2.61 bits per heavy atom. The lowest BCUT2D eigenvalue weighted by molar-refractivity contribution is 0.102. The van der Waals surface area contributed by atoms with Crippen LogP contribution in [0.4, 0.5) is 15.2 Å². The lowest BCUT2D eigenvalue weighted by atomic mass is 9.95. The van der Waals surface area contributed by atoms with Gasteiger partial charge in [0, 0.05) is 22.4 Å². The van der Waals surface area contributed by atoms with E-state index in [4.69, 9.17) is 5.73 Å². The van der Waals surface area contributed by atoms with Crippen molar-refractivity contribution in [2.45, 2.75) is 6.42 Å². The van der Waals surface area contributed by atoms with Gasteiger partial charge < -0.3 is 11.1 Å². The molecule has 7 heteroatoms. The summed E-state index contributed by atoms with van der Waals surface area (Å²) in [4.78, 5) is 12.7. The maximum Gasteiger partial charge on any atom is 0.255 e. The molecule has 0 saturated carbocycles. The van der Waals surface area contributed by atoms with E-state index in [9.17, 15) is 9.18 Å². The summed E-state index contributed by atoms with van der Waals surface area (Å²) in [5.74, 6) is -0.662. The summed E-state index contributed by atoms with van der Waals surface area (Å²) in [5, 5.41) is 11.9. The molecule has 0 bridgehead atoms. The van der Waals surface area contributed by atoms with Gasteiger partial charge in [0.25, 0.3) is 5.91 Å². The number of nitrogens with two attached hydrogens (primary N) is 1. The van der Waals surface area contributed by atoms with Gasteiger partial charge in [-0.3, -0.25) is 4.79 Å². The Labute approximate surface area is 182 Å². The van der Waals surface area contributed by atoms with Crippen molar-refractivity contribution in [2.24, 2.45) is 0 Å².